The first-order valence-electron chi connectivity index (χ1n) is 4.55. The molecule has 0 aliphatic carbocycles. The molecule has 1 aliphatic rings. The Balaban J connectivity index is 2.70. The van der Waals surface area contributed by atoms with E-state index in [9.17, 15) is 10.2 Å². The van der Waals surface area contributed by atoms with Gasteiger partial charge in [0.15, 0.2) is 6.29 Å². The third-order valence-corrected chi connectivity index (χ3v) is 3.01. The van der Waals surface area contributed by atoms with Crippen molar-refractivity contribution in [3.8, 4) is 0 Å². The van der Waals surface area contributed by atoms with Crippen LogP contribution in [0, 0.1) is 0 Å². The summed E-state index contributed by atoms with van der Waals surface area (Å²) in [6, 6.07) is -0.580. The largest absolute Gasteiger partial charge is 0.394 e. The van der Waals surface area contributed by atoms with Crippen molar-refractivity contribution < 1.29 is 20.1 Å². The highest BCUT2D eigenvalue weighted by Crippen LogP contribution is 2.23. The highest BCUT2D eigenvalue weighted by Gasteiger charge is 2.42. The van der Waals surface area contributed by atoms with Gasteiger partial charge in [0.1, 0.15) is 6.10 Å². The third kappa shape index (κ3) is 3.02. The number of rotatable bonds is 2. The fraction of sp³-hybridized carbons (Fsp3) is 0.875. The highest BCUT2D eigenvalue weighted by molar-refractivity contribution is 7.81. The lowest BCUT2D eigenvalue weighted by atomic mass is 10.00. The van der Waals surface area contributed by atoms with Crippen molar-refractivity contribution in [1.29, 1.82) is 0 Å². The van der Waals surface area contributed by atoms with Gasteiger partial charge in [-0.2, -0.15) is 12.6 Å². The second-order valence-electron chi connectivity index (χ2n) is 3.46. The Morgan fingerprint density at radius 3 is 2.60 bits per heavy atom. The predicted octanol–water partition coefficient (Wildman–Crippen LogP) is -1.34. The molecule has 88 valence electrons. The number of hydrogen-bond acceptors (Lipinski definition) is 6. The van der Waals surface area contributed by atoms with E-state index < -0.39 is 29.8 Å². The first-order valence-corrected chi connectivity index (χ1v) is 5.47. The van der Waals surface area contributed by atoms with Crippen molar-refractivity contribution in [3.63, 3.8) is 0 Å². The van der Waals surface area contributed by atoms with Crippen LogP contribution in [0.3, 0.4) is 0 Å². The number of ether oxygens (including phenoxy) is 1. The molecule has 15 heavy (non-hydrogen) atoms. The van der Waals surface area contributed by atoms with Gasteiger partial charge in [0, 0.05) is 0 Å². The number of hydrogen-bond donors (Lipinski definition) is 5. The maximum atomic E-state index is 9.68. The minimum atomic E-state index is -1.15. The maximum absolute atomic E-state index is 9.68. The second-order valence-corrected chi connectivity index (χ2v) is 4.66. The monoisotopic (exact) mass is 253 g/mol. The molecule has 0 radical (unpaired) electrons. The van der Waals surface area contributed by atoms with E-state index >= 15 is 0 Å². The summed E-state index contributed by atoms with van der Waals surface area (Å²) in [5.41, 5.74) is 0. The molecule has 0 amide bonds. The van der Waals surface area contributed by atoms with Crippen LogP contribution < -0.4 is 5.32 Å². The Labute approximate surface area is 98.8 Å². The fourth-order valence-electron chi connectivity index (χ4n) is 1.49. The lowest BCUT2D eigenvalue weighted by Gasteiger charge is -2.41. The van der Waals surface area contributed by atoms with E-state index in [1.807, 2.05) is 0 Å². The molecule has 0 unspecified atom stereocenters. The summed E-state index contributed by atoms with van der Waals surface area (Å²) in [4.78, 5) is 0.483. The van der Waals surface area contributed by atoms with Crippen LogP contribution in [0.5, 0.6) is 0 Å². The van der Waals surface area contributed by atoms with Crippen LogP contribution in [0.1, 0.15) is 6.92 Å². The van der Waals surface area contributed by atoms with Gasteiger partial charge in [-0.05, 0) is 6.92 Å². The Morgan fingerprint density at radius 1 is 1.53 bits per heavy atom. The van der Waals surface area contributed by atoms with Crippen LogP contribution in [0.15, 0.2) is 0 Å². The van der Waals surface area contributed by atoms with Crippen molar-refractivity contribution in [3.05, 3.63) is 0 Å². The topological polar surface area (TPSA) is 82.0 Å². The fourth-order valence-corrected chi connectivity index (χ4v) is 2.04. The van der Waals surface area contributed by atoms with E-state index in [0.717, 1.165) is 0 Å². The zero-order valence-electron chi connectivity index (χ0n) is 8.20. The molecule has 5 atom stereocenters. The van der Waals surface area contributed by atoms with Crippen molar-refractivity contribution in [2.75, 3.05) is 6.61 Å². The Bertz CT molecular complexity index is 241. The van der Waals surface area contributed by atoms with E-state index in [-0.39, 0.29) is 6.61 Å². The first kappa shape index (κ1) is 13.1. The van der Waals surface area contributed by atoms with E-state index in [0.29, 0.717) is 4.99 Å². The molecule has 1 aliphatic heterocycles. The highest BCUT2D eigenvalue weighted by atomic mass is 32.1. The van der Waals surface area contributed by atoms with Gasteiger partial charge in [0.25, 0.3) is 0 Å². The molecule has 1 saturated heterocycles. The van der Waals surface area contributed by atoms with Gasteiger partial charge in [-0.1, -0.05) is 12.2 Å². The van der Waals surface area contributed by atoms with Crippen LogP contribution in [0.4, 0.5) is 0 Å². The summed E-state index contributed by atoms with van der Waals surface area (Å²) in [6.45, 7) is 1.30. The average Bonchev–Trinajstić information content (AvgIpc) is 2.18. The molecule has 0 aromatic heterocycles. The smallest absolute Gasteiger partial charge is 0.176 e. The summed E-state index contributed by atoms with van der Waals surface area (Å²) < 4.78 is 5.02. The van der Waals surface area contributed by atoms with Gasteiger partial charge >= 0.3 is 0 Å². The van der Waals surface area contributed by atoms with Crippen LogP contribution in [0.2, 0.25) is 0 Å². The molecule has 1 rings (SSSR count). The molecule has 0 aromatic rings. The molecule has 7 heteroatoms. The molecule has 4 N–H and O–H groups in total. The standard InChI is InChI=1S/C8H15NO4S2/c1-3(14)9-5-7(15)6(11)4(2-10)13-8(5)12/h4-8,10-12,15H,2H2,1H3,(H,9,14)/t4-,5-,6-,7-,8-/m1/s1. The van der Waals surface area contributed by atoms with Crippen molar-refractivity contribution in [1.82, 2.24) is 5.32 Å². The van der Waals surface area contributed by atoms with Crippen LogP contribution in [-0.2, 0) is 4.74 Å². The van der Waals surface area contributed by atoms with Gasteiger partial charge in [-0.15, -0.1) is 0 Å². The van der Waals surface area contributed by atoms with Gasteiger partial charge in [0.2, 0.25) is 0 Å². The van der Waals surface area contributed by atoms with Crippen molar-refractivity contribution >= 4 is 29.8 Å². The number of aliphatic hydroxyl groups is 3. The minimum absolute atomic E-state index is 0.363. The molecular weight excluding hydrogens is 238 g/mol. The zero-order chi connectivity index (χ0) is 11.6. The Morgan fingerprint density at radius 2 is 2.13 bits per heavy atom. The normalized spacial score (nSPS) is 41.3. The lowest BCUT2D eigenvalue weighted by Crippen LogP contribution is -2.61. The van der Waals surface area contributed by atoms with Crippen LogP contribution >= 0.6 is 24.8 Å². The number of aliphatic hydroxyl groups excluding tert-OH is 3. The van der Waals surface area contributed by atoms with Gasteiger partial charge in [0.05, 0.1) is 29.0 Å². The van der Waals surface area contributed by atoms with E-state index in [1.54, 1.807) is 6.92 Å². The van der Waals surface area contributed by atoms with Gasteiger partial charge in [-0.25, -0.2) is 0 Å². The lowest BCUT2D eigenvalue weighted by molar-refractivity contribution is -0.215. The molecule has 0 aromatic carbocycles. The van der Waals surface area contributed by atoms with E-state index in [2.05, 4.69) is 17.9 Å². The zero-order valence-corrected chi connectivity index (χ0v) is 9.91. The first-order chi connectivity index (χ1) is 6.97. The van der Waals surface area contributed by atoms with Crippen LogP contribution in [0.25, 0.3) is 0 Å². The molecule has 0 spiro atoms. The number of nitrogens with one attached hydrogen (secondary N) is 1. The predicted molar refractivity (Wildman–Crippen MR) is 61.9 cm³/mol. The summed E-state index contributed by atoms with van der Waals surface area (Å²) >= 11 is 9.01. The quantitative estimate of drug-likeness (QED) is 0.310. The summed E-state index contributed by atoms with van der Waals surface area (Å²) in [6.07, 6.45) is -2.91. The maximum Gasteiger partial charge on any atom is 0.176 e. The molecule has 0 bridgehead atoms. The van der Waals surface area contributed by atoms with Gasteiger partial charge in [-0.3, -0.25) is 0 Å². The third-order valence-electron chi connectivity index (χ3n) is 2.27. The van der Waals surface area contributed by atoms with Crippen LogP contribution in [-0.4, -0.2) is 56.7 Å². The number of thiocarbonyl (C=S) groups is 1. The Kier molecular flexibility index (Phi) is 4.75. The average molecular weight is 253 g/mol. The van der Waals surface area contributed by atoms with E-state index in [1.165, 1.54) is 0 Å². The Hall–Kier alpha value is 0.0800. The SMILES string of the molecule is CC(=S)N[C@@H]1[C@@H](S)[C@H](O)[C@@H](CO)O[C@H]1O. The van der Waals surface area contributed by atoms with E-state index in [4.69, 9.17) is 22.1 Å². The number of thiol groups is 1. The second kappa shape index (κ2) is 5.42. The minimum Gasteiger partial charge on any atom is -0.394 e. The van der Waals surface area contributed by atoms with Gasteiger partial charge < -0.3 is 25.4 Å². The molecule has 5 nitrogen and oxygen atoms in total. The van der Waals surface area contributed by atoms with Crippen molar-refractivity contribution in [2.24, 2.45) is 0 Å². The molecule has 1 fully saturated rings. The molecular formula is C8H15NO4S2. The summed E-state index contributed by atoms with van der Waals surface area (Å²) in [5.74, 6) is 0. The molecule has 1 heterocycles. The summed E-state index contributed by atoms with van der Waals surface area (Å²) in [5, 5.41) is 30.4. The molecule has 0 saturated carbocycles. The summed E-state index contributed by atoms with van der Waals surface area (Å²) in [7, 11) is 0. The van der Waals surface area contributed by atoms with Crippen molar-refractivity contribution in [2.45, 2.75) is 36.7 Å².